The van der Waals surface area contributed by atoms with Gasteiger partial charge in [0, 0.05) is 12.6 Å². The van der Waals surface area contributed by atoms with Crippen molar-refractivity contribution in [2.75, 3.05) is 7.11 Å². The summed E-state index contributed by atoms with van der Waals surface area (Å²) in [6, 6.07) is 7.40. The minimum Gasteiger partial charge on any atom is -0.496 e. The lowest BCUT2D eigenvalue weighted by atomic mass is 10.2. The molecule has 0 aliphatic rings. The normalized spacial score (nSPS) is 10.9. The molecule has 1 heterocycles. The van der Waals surface area contributed by atoms with Gasteiger partial charge in [-0.1, -0.05) is 12.1 Å². The maximum Gasteiger partial charge on any atom is 0.290 e. The summed E-state index contributed by atoms with van der Waals surface area (Å²) in [7, 11) is 3.29. The summed E-state index contributed by atoms with van der Waals surface area (Å²) < 4.78 is 7.37. The molecule has 0 spiro atoms. The number of aromatic nitrogens is 2. The van der Waals surface area contributed by atoms with E-state index in [1.807, 2.05) is 31.2 Å². The molecule has 1 aromatic carbocycles. The van der Waals surface area contributed by atoms with Crippen molar-refractivity contribution in [3.63, 3.8) is 0 Å². The van der Waals surface area contributed by atoms with Crippen LogP contribution in [0.5, 0.6) is 5.75 Å². The van der Waals surface area contributed by atoms with Crippen molar-refractivity contribution in [1.82, 2.24) is 15.2 Å². The number of para-hydroxylation sites is 1. The van der Waals surface area contributed by atoms with Gasteiger partial charge in [0.25, 0.3) is 5.91 Å². The Labute approximate surface area is 130 Å². The molecule has 0 radical (unpaired) electrons. The number of rotatable bonds is 4. The first-order valence-corrected chi connectivity index (χ1v) is 6.99. The molecule has 2 aromatic rings. The van der Waals surface area contributed by atoms with Crippen LogP contribution in [0.4, 0.5) is 0 Å². The van der Waals surface area contributed by atoms with E-state index in [1.165, 1.54) is 10.9 Å². The van der Waals surface area contributed by atoms with E-state index in [4.69, 9.17) is 4.74 Å². The standard InChI is InChI=1S/C14H15BrN4O2/c1-9-12(15)13(19(2)18-9)14(20)17-16-8-10-6-4-5-7-11(10)21-3/h4-8H,1-3H3,(H,17,20). The SMILES string of the molecule is COc1ccccc1C=NNC(=O)c1c(Br)c(C)nn1C. The number of hydrogen-bond acceptors (Lipinski definition) is 4. The minimum atomic E-state index is -0.337. The van der Waals surface area contributed by atoms with Crippen LogP contribution < -0.4 is 10.2 Å². The van der Waals surface area contributed by atoms with Gasteiger partial charge >= 0.3 is 0 Å². The number of ether oxygens (including phenoxy) is 1. The number of methoxy groups -OCH3 is 1. The molecule has 1 aromatic heterocycles. The molecule has 110 valence electrons. The molecular formula is C14H15BrN4O2. The number of amides is 1. The zero-order valence-corrected chi connectivity index (χ0v) is 13.5. The number of aryl methyl sites for hydroxylation is 2. The zero-order valence-electron chi connectivity index (χ0n) is 11.9. The first-order chi connectivity index (χ1) is 10.0. The maximum atomic E-state index is 12.1. The molecule has 1 amide bonds. The first kappa shape index (κ1) is 15.2. The monoisotopic (exact) mass is 350 g/mol. The lowest BCUT2D eigenvalue weighted by Crippen LogP contribution is -2.21. The molecule has 0 bridgehead atoms. The van der Waals surface area contributed by atoms with E-state index >= 15 is 0 Å². The molecule has 0 atom stereocenters. The molecule has 7 heteroatoms. The minimum absolute atomic E-state index is 0.337. The second-order valence-electron chi connectivity index (χ2n) is 4.31. The highest BCUT2D eigenvalue weighted by atomic mass is 79.9. The second-order valence-corrected chi connectivity index (χ2v) is 5.11. The van der Waals surface area contributed by atoms with Gasteiger partial charge in [-0.2, -0.15) is 10.2 Å². The highest BCUT2D eigenvalue weighted by molar-refractivity contribution is 9.10. The number of carbonyl (C=O) groups is 1. The predicted molar refractivity (Wildman–Crippen MR) is 83.7 cm³/mol. The molecule has 0 saturated carbocycles. The molecule has 1 N–H and O–H groups in total. The highest BCUT2D eigenvalue weighted by Gasteiger charge is 2.17. The van der Waals surface area contributed by atoms with Crippen LogP contribution in [0.25, 0.3) is 0 Å². The zero-order chi connectivity index (χ0) is 15.4. The van der Waals surface area contributed by atoms with E-state index in [9.17, 15) is 4.79 Å². The Balaban J connectivity index is 2.12. The summed E-state index contributed by atoms with van der Waals surface area (Å²) in [5, 5.41) is 8.11. The molecule has 0 unspecified atom stereocenters. The van der Waals surface area contributed by atoms with E-state index < -0.39 is 0 Å². The Morgan fingerprint density at radius 3 is 2.81 bits per heavy atom. The lowest BCUT2D eigenvalue weighted by Gasteiger charge is -2.03. The molecule has 0 aliphatic carbocycles. The van der Waals surface area contributed by atoms with E-state index in [2.05, 4.69) is 31.6 Å². The Hall–Kier alpha value is -2.15. The number of nitrogens with one attached hydrogen (secondary N) is 1. The number of halogens is 1. The lowest BCUT2D eigenvalue weighted by molar-refractivity contribution is 0.0945. The fourth-order valence-electron chi connectivity index (χ4n) is 1.87. The third-order valence-electron chi connectivity index (χ3n) is 2.87. The van der Waals surface area contributed by atoms with Gasteiger partial charge in [-0.25, -0.2) is 5.43 Å². The summed E-state index contributed by atoms with van der Waals surface area (Å²) in [5.41, 5.74) is 4.42. The van der Waals surface area contributed by atoms with Gasteiger partial charge in [0.15, 0.2) is 0 Å². The molecule has 6 nitrogen and oxygen atoms in total. The van der Waals surface area contributed by atoms with E-state index in [1.54, 1.807) is 14.2 Å². The van der Waals surface area contributed by atoms with Gasteiger partial charge < -0.3 is 4.74 Å². The van der Waals surface area contributed by atoms with Gasteiger partial charge in [0.1, 0.15) is 11.4 Å². The van der Waals surface area contributed by atoms with Crippen LogP contribution >= 0.6 is 15.9 Å². The first-order valence-electron chi connectivity index (χ1n) is 6.20. The summed E-state index contributed by atoms with van der Waals surface area (Å²) >= 11 is 3.35. The van der Waals surface area contributed by atoms with Crippen LogP contribution in [0.15, 0.2) is 33.8 Å². The van der Waals surface area contributed by atoms with Crippen LogP contribution in [0, 0.1) is 6.92 Å². The van der Waals surface area contributed by atoms with Crippen molar-refractivity contribution in [2.24, 2.45) is 12.1 Å². The van der Waals surface area contributed by atoms with Crippen LogP contribution in [0.2, 0.25) is 0 Å². The van der Waals surface area contributed by atoms with Crippen molar-refractivity contribution in [3.05, 3.63) is 45.7 Å². The Bertz CT molecular complexity index is 694. The van der Waals surface area contributed by atoms with Crippen molar-refractivity contribution >= 4 is 28.1 Å². The van der Waals surface area contributed by atoms with E-state index in [-0.39, 0.29) is 5.91 Å². The average Bonchev–Trinajstić information content (AvgIpc) is 2.72. The molecule has 2 rings (SSSR count). The summed E-state index contributed by atoms with van der Waals surface area (Å²) in [6.45, 7) is 1.82. The average molecular weight is 351 g/mol. The summed E-state index contributed by atoms with van der Waals surface area (Å²) in [6.07, 6.45) is 1.54. The topological polar surface area (TPSA) is 68.5 Å². The maximum absolute atomic E-state index is 12.1. The molecule has 21 heavy (non-hydrogen) atoms. The van der Waals surface area contributed by atoms with Gasteiger partial charge in [0.2, 0.25) is 0 Å². The molecule has 0 aliphatic heterocycles. The number of hydrazone groups is 1. The van der Waals surface area contributed by atoms with Gasteiger partial charge in [0.05, 0.1) is 23.5 Å². The van der Waals surface area contributed by atoms with Crippen molar-refractivity contribution in [1.29, 1.82) is 0 Å². The number of nitrogens with zero attached hydrogens (tertiary/aromatic N) is 3. The van der Waals surface area contributed by atoms with Crippen LogP contribution in [0.1, 0.15) is 21.7 Å². The second kappa shape index (κ2) is 6.53. The smallest absolute Gasteiger partial charge is 0.290 e. The summed E-state index contributed by atoms with van der Waals surface area (Å²) in [4.78, 5) is 12.1. The number of benzene rings is 1. The molecule has 0 fully saturated rings. The van der Waals surface area contributed by atoms with Crippen molar-refractivity contribution < 1.29 is 9.53 Å². The number of hydrogen-bond donors (Lipinski definition) is 1. The van der Waals surface area contributed by atoms with Crippen molar-refractivity contribution in [2.45, 2.75) is 6.92 Å². The quantitative estimate of drug-likeness (QED) is 0.679. The Kier molecular flexibility index (Phi) is 4.74. The van der Waals surface area contributed by atoms with Gasteiger partial charge in [-0.15, -0.1) is 0 Å². The number of carbonyl (C=O) groups excluding carboxylic acids is 1. The fourth-order valence-corrected chi connectivity index (χ4v) is 2.38. The summed E-state index contributed by atoms with van der Waals surface area (Å²) in [5.74, 6) is 0.351. The fraction of sp³-hybridized carbons (Fsp3) is 0.214. The van der Waals surface area contributed by atoms with E-state index in [0.717, 1.165) is 11.3 Å². The Morgan fingerprint density at radius 2 is 2.19 bits per heavy atom. The van der Waals surface area contributed by atoms with Crippen LogP contribution in [-0.2, 0) is 7.05 Å². The van der Waals surface area contributed by atoms with Crippen molar-refractivity contribution in [3.8, 4) is 5.75 Å². The third kappa shape index (κ3) is 3.30. The largest absolute Gasteiger partial charge is 0.496 e. The van der Waals surface area contributed by atoms with E-state index in [0.29, 0.717) is 15.9 Å². The van der Waals surface area contributed by atoms with Crippen LogP contribution in [0.3, 0.4) is 0 Å². The third-order valence-corrected chi connectivity index (χ3v) is 3.82. The van der Waals surface area contributed by atoms with Gasteiger partial charge in [-0.3, -0.25) is 9.48 Å². The molecule has 0 saturated heterocycles. The van der Waals surface area contributed by atoms with Gasteiger partial charge in [-0.05, 0) is 35.0 Å². The Morgan fingerprint density at radius 1 is 1.48 bits per heavy atom. The highest BCUT2D eigenvalue weighted by Crippen LogP contribution is 2.20. The molecular weight excluding hydrogens is 336 g/mol. The predicted octanol–water partition coefficient (Wildman–Crippen LogP) is 2.26. The van der Waals surface area contributed by atoms with Crippen LogP contribution in [-0.4, -0.2) is 29.0 Å².